The third-order valence-corrected chi connectivity index (χ3v) is 4.69. The lowest BCUT2D eigenvalue weighted by Crippen LogP contribution is -2.13. The van der Waals surface area contributed by atoms with Gasteiger partial charge in [0.25, 0.3) is 0 Å². The zero-order valence-corrected chi connectivity index (χ0v) is 12.5. The van der Waals surface area contributed by atoms with Crippen molar-refractivity contribution in [2.75, 3.05) is 23.8 Å². The summed E-state index contributed by atoms with van der Waals surface area (Å²) in [7, 11) is -2.98. The van der Waals surface area contributed by atoms with Gasteiger partial charge in [0.2, 0.25) is 0 Å². The number of carbonyl (C=O) groups excluding carboxylic acids is 1. The van der Waals surface area contributed by atoms with Gasteiger partial charge < -0.3 is 10.5 Å². The second kappa shape index (κ2) is 7.89. The first kappa shape index (κ1) is 16.5. The molecule has 0 saturated carbocycles. The molecule has 5 nitrogen and oxygen atoms in total. The van der Waals surface area contributed by atoms with Crippen LogP contribution < -0.4 is 5.73 Å². The van der Waals surface area contributed by atoms with Crippen molar-refractivity contribution in [2.24, 2.45) is 0 Å². The molecule has 0 aliphatic carbocycles. The van der Waals surface area contributed by atoms with E-state index in [-0.39, 0.29) is 30.5 Å². The maximum absolute atomic E-state index is 11.5. The van der Waals surface area contributed by atoms with Crippen molar-refractivity contribution in [3.05, 3.63) is 29.8 Å². The Morgan fingerprint density at radius 3 is 2.50 bits per heavy atom. The second-order valence-corrected chi connectivity index (χ2v) is 7.02. The summed E-state index contributed by atoms with van der Waals surface area (Å²) in [6.45, 7) is 1.76. The number of ether oxygens (including phenoxy) is 1. The van der Waals surface area contributed by atoms with Gasteiger partial charge in [-0.25, -0.2) is 8.42 Å². The standard InChI is InChI=1S/C14H21NO4S/c1-2-20(17,18)11-3-10-19-14(16)9-6-12-4-7-13(15)8-5-12/h4-5,7-8H,2-3,6,9-11,15H2,1H3. The van der Waals surface area contributed by atoms with Crippen LogP contribution in [0.2, 0.25) is 0 Å². The number of nitrogen functional groups attached to an aromatic ring is 1. The van der Waals surface area contributed by atoms with Gasteiger partial charge in [0.05, 0.1) is 12.4 Å². The number of carbonyl (C=O) groups is 1. The zero-order chi connectivity index (χ0) is 15.0. The number of sulfone groups is 1. The van der Waals surface area contributed by atoms with Crippen LogP contribution in [0, 0.1) is 0 Å². The Morgan fingerprint density at radius 1 is 1.25 bits per heavy atom. The summed E-state index contributed by atoms with van der Waals surface area (Å²) in [5, 5.41) is 0. The molecule has 0 atom stereocenters. The Morgan fingerprint density at radius 2 is 1.90 bits per heavy atom. The van der Waals surface area contributed by atoms with Crippen LogP contribution in [0.3, 0.4) is 0 Å². The van der Waals surface area contributed by atoms with Gasteiger partial charge in [-0.15, -0.1) is 0 Å². The van der Waals surface area contributed by atoms with Crippen molar-refractivity contribution in [2.45, 2.75) is 26.2 Å². The molecular formula is C14H21NO4S. The number of nitrogens with two attached hydrogens (primary N) is 1. The molecule has 0 bridgehead atoms. The molecule has 112 valence electrons. The van der Waals surface area contributed by atoms with Crippen LogP contribution in [0.15, 0.2) is 24.3 Å². The van der Waals surface area contributed by atoms with E-state index in [9.17, 15) is 13.2 Å². The number of anilines is 1. The SMILES string of the molecule is CCS(=O)(=O)CCCOC(=O)CCc1ccc(N)cc1. The van der Waals surface area contributed by atoms with Gasteiger partial charge in [0.15, 0.2) is 0 Å². The molecule has 0 unspecified atom stereocenters. The molecule has 0 saturated heterocycles. The molecule has 0 amide bonds. The van der Waals surface area contributed by atoms with Crippen molar-refractivity contribution < 1.29 is 17.9 Å². The largest absolute Gasteiger partial charge is 0.466 e. The smallest absolute Gasteiger partial charge is 0.306 e. The molecule has 6 heteroatoms. The highest BCUT2D eigenvalue weighted by atomic mass is 32.2. The van der Waals surface area contributed by atoms with E-state index in [0.29, 0.717) is 18.5 Å². The van der Waals surface area contributed by atoms with Crippen LogP contribution in [-0.2, 0) is 25.8 Å². The van der Waals surface area contributed by atoms with E-state index in [4.69, 9.17) is 10.5 Å². The highest BCUT2D eigenvalue weighted by Crippen LogP contribution is 2.08. The highest BCUT2D eigenvalue weighted by molar-refractivity contribution is 7.91. The molecule has 0 aliphatic heterocycles. The van der Waals surface area contributed by atoms with E-state index in [0.717, 1.165) is 5.56 Å². The zero-order valence-electron chi connectivity index (χ0n) is 11.7. The summed E-state index contributed by atoms with van der Waals surface area (Å²) in [5.41, 5.74) is 7.28. The molecule has 20 heavy (non-hydrogen) atoms. The van der Waals surface area contributed by atoms with Crippen LogP contribution in [0.4, 0.5) is 5.69 Å². The van der Waals surface area contributed by atoms with Crippen LogP contribution in [-0.4, -0.2) is 32.5 Å². The van der Waals surface area contributed by atoms with Crippen molar-refractivity contribution >= 4 is 21.5 Å². The van der Waals surface area contributed by atoms with Gasteiger partial charge in [-0.05, 0) is 30.5 Å². The van der Waals surface area contributed by atoms with Crippen molar-refractivity contribution in [3.63, 3.8) is 0 Å². The molecule has 0 aromatic heterocycles. The third-order valence-electron chi connectivity index (χ3n) is 2.90. The molecule has 0 spiro atoms. The van der Waals surface area contributed by atoms with E-state index in [2.05, 4.69) is 0 Å². The van der Waals surface area contributed by atoms with Gasteiger partial charge in [-0.1, -0.05) is 19.1 Å². The van der Waals surface area contributed by atoms with Crippen molar-refractivity contribution in [3.8, 4) is 0 Å². The maximum atomic E-state index is 11.5. The van der Waals surface area contributed by atoms with Crippen LogP contribution in [0.5, 0.6) is 0 Å². The molecule has 1 rings (SSSR count). The van der Waals surface area contributed by atoms with Gasteiger partial charge in [0.1, 0.15) is 9.84 Å². The van der Waals surface area contributed by atoms with E-state index in [1.807, 2.05) is 12.1 Å². The lowest BCUT2D eigenvalue weighted by atomic mass is 10.1. The summed E-state index contributed by atoms with van der Waals surface area (Å²) in [6, 6.07) is 7.32. The van der Waals surface area contributed by atoms with Crippen LogP contribution >= 0.6 is 0 Å². The fourth-order valence-corrected chi connectivity index (χ4v) is 2.46. The molecule has 0 aliphatic rings. The topological polar surface area (TPSA) is 86.5 Å². The number of benzene rings is 1. The Kier molecular flexibility index (Phi) is 6.51. The van der Waals surface area contributed by atoms with Gasteiger partial charge in [0, 0.05) is 17.9 Å². The quantitative estimate of drug-likeness (QED) is 0.447. The molecular weight excluding hydrogens is 278 g/mol. The number of rotatable bonds is 8. The number of esters is 1. The predicted octanol–water partition coefficient (Wildman–Crippen LogP) is 1.57. The average Bonchev–Trinajstić information content (AvgIpc) is 2.43. The summed E-state index contributed by atoms with van der Waals surface area (Å²) < 4.78 is 27.5. The minimum absolute atomic E-state index is 0.0642. The first-order chi connectivity index (χ1) is 9.43. The minimum atomic E-state index is -2.98. The normalized spacial score (nSPS) is 11.2. The Balaban J connectivity index is 2.19. The Bertz CT molecular complexity index is 523. The number of hydrogen-bond acceptors (Lipinski definition) is 5. The van der Waals surface area contributed by atoms with Gasteiger partial charge in [-0.3, -0.25) is 4.79 Å². The van der Waals surface area contributed by atoms with Crippen LogP contribution in [0.25, 0.3) is 0 Å². The van der Waals surface area contributed by atoms with Crippen LogP contribution in [0.1, 0.15) is 25.3 Å². The Hall–Kier alpha value is -1.56. The van der Waals surface area contributed by atoms with Gasteiger partial charge >= 0.3 is 5.97 Å². The summed E-state index contributed by atoms with van der Waals surface area (Å²) in [5.74, 6) is -0.122. The summed E-state index contributed by atoms with van der Waals surface area (Å²) in [6.07, 6.45) is 1.22. The maximum Gasteiger partial charge on any atom is 0.306 e. The van der Waals surface area contributed by atoms with E-state index >= 15 is 0 Å². The number of hydrogen-bond donors (Lipinski definition) is 1. The lowest BCUT2D eigenvalue weighted by Gasteiger charge is -2.05. The molecule has 2 N–H and O–H groups in total. The Labute approximate surface area is 120 Å². The number of aryl methyl sites for hydroxylation is 1. The predicted molar refractivity (Wildman–Crippen MR) is 79.1 cm³/mol. The van der Waals surface area contributed by atoms with E-state index in [1.165, 1.54) is 0 Å². The molecule has 1 aromatic rings. The third kappa shape index (κ3) is 6.56. The molecule has 0 radical (unpaired) electrons. The molecule has 1 aromatic carbocycles. The van der Waals surface area contributed by atoms with Gasteiger partial charge in [-0.2, -0.15) is 0 Å². The second-order valence-electron chi connectivity index (χ2n) is 4.55. The first-order valence-corrected chi connectivity index (χ1v) is 8.45. The highest BCUT2D eigenvalue weighted by Gasteiger charge is 2.08. The monoisotopic (exact) mass is 299 g/mol. The van der Waals surface area contributed by atoms with E-state index < -0.39 is 9.84 Å². The van der Waals surface area contributed by atoms with Crippen molar-refractivity contribution in [1.29, 1.82) is 0 Å². The van der Waals surface area contributed by atoms with Crippen molar-refractivity contribution in [1.82, 2.24) is 0 Å². The molecule has 0 heterocycles. The fraction of sp³-hybridized carbons (Fsp3) is 0.500. The fourth-order valence-electron chi connectivity index (χ4n) is 1.61. The first-order valence-electron chi connectivity index (χ1n) is 6.63. The average molecular weight is 299 g/mol. The minimum Gasteiger partial charge on any atom is -0.466 e. The summed E-state index contributed by atoms with van der Waals surface area (Å²) >= 11 is 0. The van der Waals surface area contributed by atoms with E-state index in [1.54, 1.807) is 19.1 Å². The summed E-state index contributed by atoms with van der Waals surface area (Å²) in [4.78, 5) is 11.5. The lowest BCUT2D eigenvalue weighted by molar-refractivity contribution is -0.143. The molecule has 0 fully saturated rings.